The van der Waals surface area contributed by atoms with Crippen LogP contribution in [0.4, 0.5) is 10.5 Å². The number of ether oxygens (including phenoxy) is 3. The SMILES string of the molecule is CNCOCc1ccc(CN(C(=O)N2CCN(C)CC2)c2cccc(-c3ccc4c(c3)OCO4)c2)cc1. The molecule has 8 heteroatoms. The Kier molecular flexibility index (Phi) is 7.89. The summed E-state index contributed by atoms with van der Waals surface area (Å²) in [4.78, 5) is 19.9. The Hall–Kier alpha value is -3.59. The highest BCUT2D eigenvalue weighted by atomic mass is 16.7. The summed E-state index contributed by atoms with van der Waals surface area (Å²) in [5.41, 5.74) is 5.06. The average Bonchev–Trinajstić information content (AvgIpc) is 3.41. The second-order valence-electron chi connectivity index (χ2n) is 9.44. The van der Waals surface area contributed by atoms with Gasteiger partial charge in [0.15, 0.2) is 11.5 Å². The monoisotopic (exact) mass is 502 g/mol. The summed E-state index contributed by atoms with van der Waals surface area (Å²) in [5.74, 6) is 1.50. The Morgan fingerprint density at radius 2 is 1.65 bits per heavy atom. The lowest BCUT2D eigenvalue weighted by molar-refractivity contribution is 0.109. The number of benzene rings is 3. The van der Waals surface area contributed by atoms with Crippen LogP contribution in [0.15, 0.2) is 66.7 Å². The Labute approximate surface area is 218 Å². The molecule has 0 unspecified atom stereocenters. The van der Waals surface area contributed by atoms with Gasteiger partial charge in [-0.3, -0.25) is 10.2 Å². The molecule has 1 fully saturated rings. The number of likely N-dealkylation sites (N-methyl/N-ethyl adjacent to an activating group) is 1. The van der Waals surface area contributed by atoms with Crippen LogP contribution in [0.25, 0.3) is 11.1 Å². The highest BCUT2D eigenvalue weighted by Gasteiger charge is 2.26. The molecule has 2 aliphatic heterocycles. The van der Waals surface area contributed by atoms with Gasteiger partial charge in [-0.1, -0.05) is 42.5 Å². The maximum absolute atomic E-state index is 13.8. The van der Waals surface area contributed by atoms with Crippen LogP contribution in [0.1, 0.15) is 11.1 Å². The van der Waals surface area contributed by atoms with Gasteiger partial charge in [0.2, 0.25) is 6.79 Å². The van der Waals surface area contributed by atoms with E-state index in [4.69, 9.17) is 14.2 Å². The van der Waals surface area contributed by atoms with Crippen molar-refractivity contribution in [2.75, 3.05) is 58.7 Å². The standard InChI is InChI=1S/C29H34N4O4/c1-30-20-35-19-23-8-6-22(7-9-23)18-33(29(34)32-14-12-31(2)13-15-32)26-5-3-4-24(16-26)25-10-11-27-28(17-25)37-21-36-27/h3-11,16-17,30H,12-15,18-21H2,1-2H3. The van der Waals surface area contributed by atoms with Gasteiger partial charge in [-0.2, -0.15) is 0 Å². The topological polar surface area (TPSA) is 66.5 Å². The van der Waals surface area contributed by atoms with Crippen LogP contribution in [0, 0.1) is 0 Å². The van der Waals surface area contributed by atoms with E-state index in [0.29, 0.717) is 19.9 Å². The van der Waals surface area contributed by atoms with E-state index in [1.54, 1.807) is 0 Å². The number of carbonyl (C=O) groups excluding carboxylic acids is 1. The molecule has 5 rings (SSSR count). The van der Waals surface area contributed by atoms with Crippen LogP contribution in [0.3, 0.4) is 0 Å². The summed E-state index contributed by atoms with van der Waals surface area (Å²) in [6.07, 6.45) is 0. The molecular formula is C29H34N4O4. The number of rotatable bonds is 8. The first-order valence-corrected chi connectivity index (χ1v) is 12.7. The fourth-order valence-electron chi connectivity index (χ4n) is 4.56. The minimum Gasteiger partial charge on any atom is -0.454 e. The quantitative estimate of drug-likeness (QED) is 0.369. The van der Waals surface area contributed by atoms with Crippen molar-refractivity contribution >= 4 is 11.7 Å². The van der Waals surface area contributed by atoms with Crippen molar-refractivity contribution in [3.05, 3.63) is 77.9 Å². The fourth-order valence-corrected chi connectivity index (χ4v) is 4.56. The van der Waals surface area contributed by atoms with Crippen molar-refractivity contribution in [2.45, 2.75) is 13.2 Å². The third-order valence-electron chi connectivity index (χ3n) is 6.75. The van der Waals surface area contributed by atoms with E-state index < -0.39 is 0 Å². The number of urea groups is 1. The number of fused-ring (bicyclic) bond motifs is 1. The summed E-state index contributed by atoms with van der Waals surface area (Å²) in [5, 5.41) is 2.98. The van der Waals surface area contributed by atoms with Crippen molar-refractivity contribution < 1.29 is 19.0 Å². The van der Waals surface area contributed by atoms with Gasteiger partial charge in [0.1, 0.15) is 0 Å². The molecule has 0 spiro atoms. The maximum atomic E-state index is 13.8. The van der Waals surface area contributed by atoms with Crippen LogP contribution in [-0.2, 0) is 17.9 Å². The number of carbonyl (C=O) groups is 1. The third kappa shape index (κ3) is 6.05. The van der Waals surface area contributed by atoms with E-state index in [9.17, 15) is 4.79 Å². The smallest absolute Gasteiger partial charge is 0.324 e. The van der Waals surface area contributed by atoms with Gasteiger partial charge in [-0.15, -0.1) is 0 Å². The first-order valence-electron chi connectivity index (χ1n) is 12.7. The zero-order valence-corrected chi connectivity index (χ0v) is 21.5. The minimum atomic E-state index is 0.0253. The summed E-state index contributed by atoms with van der Waals surface area (Å²) < 4.78 is 16.6. The second-order valence-corrected chi connectivity index (χ2v) is 9.44. The van der Waals surface area contributed by atoms with E-state index >= 15 is 0 Å². The van der Waals surface area contributed by atoms with Gasteiger partial charge in [-0.05, 0) is 60.6 Å². The maximum Gasteiger partial charge on any atom is 0.324 e. The molecule has 3 aromatic rings. The van der Waals surface area contributed by atoms with E-state index in [0.717, 1.165) is 65.6 Å². The largest absolute Gasteiger partial charge is 0.454 e. The molecule has 0 saturated carbocycles. The van der Waals surface area contributed by atoms with Crippen LogP contribution in [-0.4, -0.2) is 69.6 Å². The molecule has 8 nitrogen and oxygen atoms in total. The summed E-state index contributed by atoms with van der Waals surface area (Å²) >= 11 is 0. The lowest BCUT2D eigenvalue weighted by Gasteiger charge is -2.36. The predicted octanol–water partition coefficient (Wildman–Crippen LogP) is 4.15. The van der Waals surface area contributed by atoms with Crippen molar-refractivity contribution in [1.29, 1.82) is 0 Å². The molecule has 0 radical (unpaired) electrons. The second kappa shape index (κ2) is 11.6. The highest BCUT2D eigenvalue weighted by molar-refractivity contribution is 5.93. The Morgan fingerprint density at radius 1 is 0.919 bits per heavy atom. The fraction of sp³-hybridized carbons (Fsp3) is 0.345. The van der Waals surface area contributed by atoms with Gasteiger partial charge < -0.3 is 24.0 Å². The Bertz CT molecular complexity index is 1210. The molecule has 0 aliphatic carbocycles. The molecule has 2 heterocycles. The number of amides is 2. The van der Waals surface area contributed by atoms with Crippen molar-refractivity contribution in [2.24, 2.45) is 0 Å². The van der Waals surface area contributed by atoms with Gasteiger partial charge in [0.25, 0.3) is 0 Å². The molecule has 194 valence electrons. The van der Waals surface area contributed by atoms with Crippen molar-refractivity contribution in [3.8, 4) is 22.6 Å². The number of nitrogens with zero attached hydrogens (tertiary/aromatic N) is 3. The average molecular weight is 503 g/mol. The van der Waals surface area contributed by atoms with Crippen molar-refractivity contribution in [3.63, 3.8) is 0 Å². The highest BCUT2D eigenvalue weighted by Crippen LogP contribution is 2.37. The van der Waals surface area contributed by atoms with Crippen LogP contribution < -0.4 is 19.7 Å². The van der Waals surface area contributed by atoms with Gasteiger partial charge in [0, 0.05) is 31.9 Å². The Balaban J connectivity index is 1.40. The number of nitrogens with one attached hydrogen (secondary N) is 1. The minimum absolute atomic E-state index is 0.0253. The number of anilines is 1. The van der Waals surface area contributed by atoms with E-state index in [1.165, 1.54) is 0 Å². The molecule has 1 N–H and O–H groups in total. The van der Waals surface area contributed by atoms with Gasteiger partial charge >= 0.3 is 6.03 Å². The van der Waals surface area contributed by atoms with Crippen LogP contribution in [0.5, 0.6) is 11.5 Å². The molecular weight excluding hydrogens is 468 g/mol. The van der Waals surface area contributed by atoms with Crippen LogP contribution in [0.2, 0.25) is 0 Å². The number of hydrogen-bond acceptors (Lipinski definition) is 6. The number of piperazine rings is 1. The molecule has 0 aromatic heterocycles. The molecule has 3 aromatic carbocycles. The van der Waals surface area contributed by atoms with E-state index in [1.807, 2.05) is 47.2 Å². The van der Waals surface area contributed by atoms with E-state index in [2.05, 4.69) is 53.7 Å². The summed E-state index contributed by atoms with van der Waals surface area (Å²) in [6, 6.07) is 22.4. The first-order chi connectivity index (χ1) is 18.1. The lowest BCUT2D eigenvalue weighted by Crippen LogP contribution is -2.51. The molecule has 2 aliphatic rings. The predicted molar refractivity (Wildman–Crippen MR) is 144 cm³/mol. The molecule has 0 atom stereocenters. The molecule has 1 saturated heterocycles. The van der Waals surface area contributed by atoms with Crippen molar-refractivity contribution in [1.82, 2.24) is 15.1 Å². The molecule has 2 amide bonds. The molecule has 0 bridgehead atoms. The first kappa shape index (κ1) is 25.1. The lowest BCUT2D eigenvalue weighted by atomic mass is 10.0. The van der Waals surface area contributed by atoms with Gasteiger partial charge in [0.05, 0.1) is 19.9 Å². The third-order valence-corrected chi connectivity index (χ3v) is 6.75. The zero-order valence-electron chi connectivity index (χ0n) is 21.5. The summed E-state index contributed by atoms with van der Waals surface area (Å²) in [7, 11) is 3.95. The summed E-state index contributed by atoms with van der Waals surface area (Å²) in [6.45, 7) is 4.96. The van der Waals surface area contributed by atoms with Gasteiger partial charge in [-0.25, -0.2) is 4.79 Å². The molecule has 37 heavy (non-hydrogen) atoms. The Morgan fingerprint density at radius 3 is 2.43 bits per heavy atom. The zero-order chi connectivity index (χ0) is 25.6. The van der Waals surface area contributed by atoms with Crippen LogP contribution >= 0.6 is 0 Å². The van der Waals surface area contributed by atoms with E-state index in [-0.39, 0.29) is 12.8 Å². The number of hydrogen-bond donors (Lipinski definition) is 1. The normalized spacial score (nSPS) is 15.1.